The van der Waals surface area contributed by atoms with Gasteiger partial charge in [-0.3, -0.25) is 0 Å². The number of ether oxygens (including phenoxy) is 2. The molecule has 0 atom stereocenters. The van der Waals surface area contributed by atoms with Crippen LogP contribution in [0, 0.1) is 5.92 Å². The van der Waals surface area contributed by atoms with Gasteiger partial charge in [0.25, 0.3) is 0 Å². The van der Waals surface area contributed by atoms with Crippen LogP contribution < -0.4 is 9.47 Å². The van der Waals surface area contributed by atoms with Crippen LogP contribution in [0.25, 0.3) is 0 Å². The van der Waals surface area contributed by atoms with Gasteiger partial charge in [-0.15, -0.1) is 5.10 Å². The molecule has 0 fully saturated rings. The Kier molecular flexibility index (Phi) is 5.86. The van der Waals surface area contributed by atoms with Crippen molar-refractivity contribution in [1.82, 2.24) is 20.2 Å². The van der Waals surface area contributed by atoms with Crippen molar-refractivity contribution in [2.75, 3.05) is 19.5 Å². The maximum absolute atomic E-state index is 5.67. The van der Waals surface area contributed by atoms with Gasteiger partial charge in [-0.2, -0.15) is 0 Å². The summed E-state index contributed by atoms with van der Waals surface area (Å²) in [5.74, 6) is 2.97. The van der Waals surface area contributed by atoms with Crippen molar-refractivity contribution in [2.24, 2.45) is 5.92 Å². The Morgan fingerprint density at radius 3 is 2.57 bits per heavy atom. The molecule has 6 nitrogen and oxygen atoms in total. The van der Waals surface area contributed by atoms with Gasteiger partial charge >= 0.3 is 0 Å². The van der Waals surface area contributed by atoms with Crippen LogP contribution in [0.3, 0.4) is 0 Å². The lowest BCUT2D eigenvalue weighted by molar-refractivity contribution is 0.342. The summed E-state index contributed by atoms with van der Waals surface area (Å²) >= 11 is 1.60. The van der Waals surface area contributed by atoms with Gasteiger partial charge in [0.2, 0.25) is 5.16 Å². The van der Waals surface area contributed by atoms with E-state index in [2.05, 4.69) is 29.4 Å². The molecule has 1 aromatic heterocycles. The molecule has 1 heterocycles. The van der Waals surface area contributed by atoms with Gasteiger partial charge in [-0.25, -0.2) is 4.68 Å². The Hall–Kier alpha value is -1.76. The van der Waals surface area contributed by atoms with Crippen LogP contribution in [0.5, 0.6) is 11.5 Å². The molecule has 0 radical (unpaired) electrons. The Morgan fingerprint density at radius 1 is 1.19 bits per heavy atom. The highest BCUT2D eigenvalue weighted by Gasteiger charge is 2.08. The third-order valence-electron chi connectivity index (χ3n) is 2.68. The van der Waals surface area contributed by atoms with Gasteiger partial charge in [-0.05, 0) is 40.6 Å². The molecule has 0 saturated carbocycles. The number of tetrazole rings is 1. The monoisotopic (exact) mass is 308 g/mol. The number of rotatable bonds is 8. The van der Waals surface area contributed by atoms with Crippen molar-refractivity contribution in [3.8, 4) is 11.5 Å². The molecular formula is C14H20N4O2S. The molecule has 1 aromatic carbocycles. The minimum Gasteiger partial charge on any atom is -0.497 e. The van der Waals surface area contributed by atoms with E-state index in [0.29, 0.717) is 12.5 Å². The molecule has 0 N–H and O–H groups in total. The first-order valence-electron chi connectivity index (χ1n) is 6.85. The highest BCUT2D eigenvalue weighted by molar-refractivity contribution is 7.99. The van der Waals surface area contributed by atoms with Gasteiger partial charge in [0.05, 0.1) is 13.7 Å². The summed E-state index contributed by atoms with van der Waals surface area (Å²) in [6, 6.07) is 7.55. The van der Waals surface area contributed by atoms with E-state index in [1.54, 1.807) is 18.9 Å². The second-order valence-electron chi connectivity index (χ2n) is 4.91. The number of nitrogens with zero attached hydrogens (tertiary/aromatic N) is 4. The Balaban J connectivity index is 1.75. The zero-order valence-electron chi connectivity index (χ0n) is 12.5. The van der Waals surface area contributed by atoms with Crippen molar-refractivity contribution in [1.29, 1.82) is 0 Å². The lowest BCUT2D eigenvalue weighted by Gasteiger charge is -2.08. The Morgan fingerprint density at radius 2 is 1.90 bits per heavy atom. The molecule has 0 unspecified atom stereocenters. The van der Waals surface area contributed by atoms with Crippen LogP contribution in [-0.4, -0.2) is 39.7 Å². The third-order valence-corrected chi connectivity index (χ3v) is 3.60. The molecule has 0 aliphatic rings. The summed E-state index contributed by atoms with van der Waals surface area (Å²) < 4.78 is 12.6. The van der Waals surface area contributed by atoms with E-state index in [0.717, 1.165) is 29.0 Å². The molecular weight excluding hydrogens is 288 g/mol. The van der Waals surface area contributed by atoms with Gasteiger partial charge in [0, 0.05) is 12.3 Å². The topological polar surface area (TPSA) is 62.1 Å². The average Bonchev–Trinajstić information content (AvgIpc) is 2.91. The first kappa shape index (κ1) is 15.6. The number of benzene rings is 1. The minimum atomic E-state index is 0.517. The SMILES string of the molecule is COc1ccc(OCCSc2nnnn2CC(C)C)cc1. The van der Waals surface area contributed by atoms with Crippen molar-refractivity contribution in [3.63, 3.8) is 0 Å². The van der Waals surface area contributed by atoms with E-state index in [1.807, 2.05) is 28.9 Å². The predicted octanol–water partition coefficient (Wildman–Crippen LogP) is 2.51. The average molecular weight is 308 g/mol. The highest BCUT2D eigenvalue weighted by atomic mass is 32.2. The molecule has 0 amide bonds. The second kappa shape index (κ2) is 7.87. The fourth-order valence-corrected chi connectivity index (χ4v) is 2.43. The van der Waals surface area contributed by atoms with E-state index in [9.17, 15) is 0 Å². The fourth-order valence-electron chi connectivity index (χ4n) is 1.72. The summed E-state index contributed by atoms with van der Waals surface area (Å²) in [6.07, 6.45) is 0. The summed E-state index contributed by atoms with van der Waals surface area (Å²) in [4.78, 5) is 0. The second-order valence-corrected chi connectivity index (χ2v) is 5.97. The van der Waals surface area contributed by atoms with Crippen LogP contribution in [0.4, 0.5) is 0 Å². The van der Waals surface area contributed by atoms with E-state index in [1.165, 1.54) is 0 Å². The minimum absolute atomic E-state index is 0.517. The molecule has 0 spiro atoms. The summed E-state index contributed by atoms with van der Waals surface area (Å²) in [5.41, 5.74) is 0. The largest absolute Gasteiger partial charge is 0.497 e. The number of aromatic nitrogens is 4. The summed E-state index contributed by atoms with van der Waals surface area (Å²) in [6.45, 7) is 5.71. The highest BCUT2D eigenvalue weighted by Crippen LogP contribution is 2.18. The standard InChI is InChI=1S/C14H20N4O2S/c1-11(2)10-18-14(15-16-17-18)21-9-8-20-13-6-4-12(19-3)5-7-13/h4-7,11H,8-10H2,1-3H3. The van der Waals surface area contributed by atoms with Gasteiger partial charge < -0.3 is 9.47 Å². The first-order valence-corrected chi connectivity index (χ1v) is 7.83. The maximum Gasteiger partial charge on any atom is 0.209 e. The molecule has 7 heteroatoms. The van der Waals surface area contributed by atoms with E-state index >= 15 is 0 Å². The van der Waals surface area contributed by atoms with Crippen molar-refractivity contribution in [2.45, 2.75) is 25.5 Å². The Bertz CT molecular complexity index is 542. The van der Waals surface area contributed by atoms with Gasteiger partial charge in [-0.1, -0.05) is 25.6 Å². The van der Waals surface area contributed by atoms with E-state index < -0.39 is 0 Å². The fraction of sp³-hybridized carbons (Fsp3) is 0.500. The number of hydrogen-bond acceptors (Lipinski definition) is 6. The maximum atomic E-state index is 5.67. The number of thioether (sulfide) groups is 1. The first-order chi connectivity index (χ1) is 10.2. The zero-order chi connectivity index (χ0) is 15.1. The molecule has 2 aromatic rings. The molecule has 0 bridgehead atoms. The Labute approximate surface area is 128 Å². The van der Waals surface area contributed by atoms with Crippen LogP contribution in [0.1, 0.15) is 13.8 Å². The van der Waals surface area contributed by atoms with Gasteiger partial charge in [0.1, 0.15) is 11.5 Å². The zero-order valence-corrected chi connectivity index (χ0v) is 13.3. The van der Waals surface area contributed by atoms with Crippen molar-refractivity contribution >= 4 is 11.8 Å². The summed E-state index contributed by atoms with van der Waals surface area (Å²) in [7, 11) is 1.65. The van der Waals surface area contributed by atoms with Crippen LogP contribution in [-0.2, 0) is 6.54 Å². The van der Waals surface area contributed by atoms with Gasteiger partial charge in [0.15, 0.2) is 0 Å². The molecule has 0 aliphatic heterocycles. The lowest BCUT2D eigenvalue weighted by atomic mass is 10.2. The number of methoxy groups -OCH3 is 1. The van der Waals surface area contributed by atoms with E-state index in [4.69, 9.17) is 9.47 Å². The predicted molar refractivity (Wildman–Crippen MR) is 81.9 cm³/mol. The van der Waals surface area contributed by atoms with E-state index in [-0.39, 0.29) is 0 Å². The molecule has 0 saturated heterocycles. The molecule has 114 valence electrons. The van der Waals surface area contributed by atoms with Crippen molar-refractivity contribution < 1.29 is 9.47 Å². The molecule has 21 heavy (non-hydrogen) atoms. The quantitative estimate of drug-likeness (QED) is 0.551. The third kappa shape index (κ3) is 4.93. The van der Waals surface area contributed by atoms with Crippen LogP contribution in [0.15, 0.2) is 29.4 Å². The summed E-state index contributed by atoms with van der Waals surface area (Å²) in [5, 5.41) is 12.6. The molecule has 0 aliphatic carbocycles. The van der Waals surface area contributed by atoms with Crippen LogP contribution in [0.2, 0.25) is 0 Å². The number of hydrogen-bond donors (Lipinski definition) is 0. The normalized spacial score (nSPS) is 10.9. The molecule has 2 rings (SSSR count). The van der Waals surface area contributed by atoms with Crippen LogP contribution >= 0.6 is 11.8 Å². The smallest absolute Gasteiger partial charge is 0.209 e. The lowest BCUT2D eigenvalue weighted by Crippen LogP contribution is -2.08. The van der Waals surface area contributed by atoms with Crippen molar-refractivity contribution in [3.05, 3.63) is 24.3 Å².